The van der Waals surface area contributed by atoms with Crippen molar-refractivity contribution in [1.29, 1.82) is 0 Å². The van der Waals surface area contributed by atoms with Gasteiger partial charge < -0.3 is 15.0 Å². The van der Waals surface area contributed by atoms with E-state index in [9.17, 15) is 9.90 Å². The predicted molar refractivity (Wildman–Crippen MR) is 82.7 cm³/mol. The fourth-order valence-corrected chi connectivity index (χ4v) is 4.27. The summed E-state index contributed by atoms with van der Waals surface area (Å²) in [6.07, 6.45) is 9.88. The minimum absolute atomic E-state index is 0.0401. The number of nitrogens with zero attached hydrogens (tertiary/aromatic N) is 2. The smallest absolute Gasteiger partial charge is 0.269 e. The van der Waals surface area contributed by atoms with Gasteiger partial charge in [-0.2, -0.15) is 0 Å². The number of hydrogen-bond acceptors (Lipinski definition) is 3. The molecular formula is C17H25N3O2. The first-order chi connectivity index (χ1) is 10.5. The van der Waals surface area contributed by atoms with Crippen molar-refractivity contribution in [3.8, 4) is 0 Å². The summed E-state index contributed by atoms with van der Waals surface area (Å²) in [7, 11) is 0. The van der Waals surface area contributed by atoms with Gasteiger partial charge in [0.25, 0.3) is 5.91 Å². The van der Waals surface area contributed by atoms with Crippen molar-refractivity contribution >= 4 is 5.91 Å². The molecule has 5 nitrogen and oxygen atoms in total. The number of fused-ring (bicyclic) bond motifs is 1. The molecule has 1 amide bonds. The van der Waals surface area contributed by atoms with E-state index in [2.05, 4.69) is 21.8 Å². The highest BCUT2D eigenvalue weighted by atomic mass is 16.3. The summed E-state index contributed by atoms with van der Waals surface area (Å²) >= 11 is 0. The number of aryl methyl sites for hydroxylation is 1. The van der Waals surface area contributed by atoms with E-state index in [1.807, 2.05) is 0 Å². The van der Waals surface area contributed by atoms with Crippen LogP contribution in [0.5, 0.6) is 0 Å². The van der Waals surface area contributed by atoms with Gasteiger partial charge in [-0.1, -0.05) is 0 Å². The Morgan fingerprint density at radius 1 is 1.41 bits per heavy atom. The molecule has 2 saturated carbocycles. The van der Waals surface area contributed by atoms with E-state index in [4.69, 9.17) is 0 Å². The first kappa shape index (κ1) is 14.2. The second-order valence-corrected chi connectivity index (χ2v) is 7.52. The quantitative estimate of drug-likeness (QED) is 0.896. The number of imidazole rings is 1. The molecule has 0 saturated heterocycles. The van der Waals surface area contributed by atoms with Gasteiger partial charge in [0.05, 0.1) is 11.8 Å². The minimum atomic E-state index is -0.523. The summed E-state index contributed by atoms with van der Waals surface area (Å²) in [5.74, 6) is 0.990. The zero-order chi connectivity index (χ0) is 15.4. The van der Waals surface area contributed by atoms with Crippen molar-refractivity contribution in [2.45, 2.75) is 69.9 Å². The van der Waals surface area contributed by atoms with Crippen molar-refractivity contribution in [2.75, 3.05) is 6.54 Å². The molecule has 3 aliphatic rings. The maximum absolute atomic E-state index is 12.6. The zero-order valence-corrected chi connectivity index (χ0v) is 13.3. The van der Waals surface area contributed by atoms with E-state index in [0.717, 1.165) is 57.2 Å². The standard InChI is InChI=1S/C17H25N3O2/c1-12-4-2-5-14-18-10-13(20(12)14)15(21)19-11-16(8-9-16)17(22)6-3-7-17/h10,12,22H,2-9,11H2,1H3,(H,19,21). The van der Waals surface area contributed by atoms with Crippen LogP contribution in [0.15, 0.2) is 6.20 Å². The predicted octanol–water partition coefficient (Wildman–Crippen LogP) is 2.21. The van der Waals surface area contributed by atoms with Gasteiger partial charge in [-0.3, -0.25) is 4.79 Å². The van der Waals surface area contributed by atoms with Gasteiger partial charge in [-0.05, 0) is 51.9 Å². The van der Waals surface area contributed by atoms with E-state index in [1.54, 1.807) is 6.20 Å². The third-order valence-corrected chi connectivity index (χ3v) is 6.18. The fraction of sp³-hybridized carbons (Fsp3) is 0.765. The third kappa shape index (κ3) is 2.02. The zero-order valence-electron chi connectivity index (χ0n) is 13.3. The van der Waals surface area contributed by atoms with Crippen LogP contribution in [0.3, 0.4) is 0 Å². The number of nitrogens with one attached hydrogen (secondary N) is 1. The van der Waals surface area contributed by atoms with Crippen LogP contribution >= 0.6 is 0 Å². The van der Waals surface area contributed by atoms with Crippen molar-refractivity contribution < 1.29 is 9.90 Å². The Labute approximate surface area is 131 Å². The molecule has 1 atom stereocenters. The second kappa shape index (κ2) is 4.82. The number of hydrogen-bond donors (Lipinski definition) is 2. The minimum Gasteiger partial charge on any atom is -0.389 e. The van der Waals surface area contributed by atoms with E-state index >= 15 is 0 Å². The molecule has 0 bridgehead atoms. The van der Waals surface area contributed by atoms with Crippen molar-refractivity contribution in [1.82, 2.24) is 14.9 Å². The Morgan fingerprint density at radius 3 is 2.82 bits per heavy atom. The molecule has 2 N–H and O–H groups in total. The number of aliphatic hydroxyl groups is 1. The van der Waals surface area contributed by atoms with E-state index in [0.29, 0.717) is 18.3 Å². The lowest BCUT2D eigenvalue weighted by Crippen LogP contribution is -2.51. The van der Waals surface area contributed by atoms with Gasteiger partial charge in [-0.15, -0.1) is 0 Å². The van der Waals surface area contributed by atoms with E-state index < -0.39 is 5.60 Å². The first-order valence-electron chi connectivity index (χ1n) is 8.61. The van der Waals surface area contributed by atoms with Crippen molar-refractivity contribution in [3.05, 3.63) is 17.7 Å². The topological polar surface area (TPSA) is 67.2 Å². The van der Waals surface area contributed by atoms with Crippen LogP contribution in [0.4, 0.5) is 0 Å². The second-order valence-electron chi connectivity index (χ2n) is 7.52. The number of aromatic nitrogens is 2. The number of carbonyl (C=O) groups is 1. The molecule has 5 heteroatoms. The van der Waals surface area contributed by atoms with Gasteiger partial charge in [-0.25, -0.2) is 4.98 Å². The SMILES string of the molecule is CC1CCCc2ncc(C(=O)NCC3(C4(O)CCC4)CC3)n21. The molecule has 1 aromatic rings. The van der Waals surface area contributed by atoms with Crippen LogP contribution in [-0.2, 0) is 6.42 Å². The van der Waals surface area contributed by atoms with Gasteiger partial charge in [0.15, 0.2) is 0 Å². The summed E-state index contributed by atoms with van der Waals surface area (Å²) in [6.45, 7) is 2.75. The molecular weight excluding hydrogens is 278 g/mol. The van der Waals surface area contributed by atoms with Crippen molar-refractivity contribution in [3.63, 3.8) is 0 Å². The molecule has 2 heterocycles. The number of rotatable bonds is 4. The van der Waals surface area contributed by atoms with Gasteiger partial charge in [0.1, 0.15) is 11.5 Å². The fourth-order valence-electron chi connectivity index (χ4n) is 4.27. The van der Waals surface area contributed by atoms with Crippen LogP contribution in [-0.4, -0.2) is 32.7 Å². The molecule has 22 heavy (non-hydrogen) atoms. The lowest BCUT2D eigenvalue weighted by molar-refractivity contribution is -0.0948. The van der Waals surface area contributed by atoms with E-state index in [1.165, 1.54) is 0 Å². The normalized spacial score (nSPS) is 27.6. The maximum atomic E-state index is 12.6. The highest BCUT2D eigenvalue weighted by Gasteiger charge is 2.60. The summed E-state index contributed by atoms with van der Waals surface area (Å²) in [6, 6.07) is 0.345. The third-order valence-electron chi connectivity index (χ3n) is 6.18. The molecule has 0 spiro atoms. The molecule has 4 rings (SSSR count). The highest BCUT2D eigenvalue weighted by molar-refractivity contribution is 5.92. The lowest BCUT2D eigenvalue weighted by atomic mass is 9.69. The van der Waals surface area contributed by atoms with Gasteiger partial charge >= 0.3 is 0 Å². The Hall–Kier alpha value is -1.36. The number of carbonyl (C=O) groups excluding carboxylic acids is 1. The number of amides is 1. The molecule has 0 radical (unpaired) electrons. The average molecular weight is 303 g/mol. The Balaban J connectivity index is 1.46. The monoisotopic (exact) mass is 303 g/mol. The van der Waals surface area contributed by atoms with Crippen molar-refractivity contribution in [2.24, 2.45) is 5.41 Å². The Morgan fingerprint density at radius 2 is 2.18 bits per heavy atom. The maximum Gasteiger partial charge on any atom is 0.269 e. The van der Waals surface area contributed by atoms with Gasteiger partial charge in [0.2, 0.25) is 0 Å². The van der Waals surface area contributed by atoms with Crippen LogP contribution in [0, 0.1) is 5.41 Å². The van der Waals surface area contributed by atoms with Crippen LogP contribution in [0.2, 0.25) is 0 Å². The summed E-state index contributed by atoms with van der Waals surface area (Å²) in [5, 5.41) is 13.7. The molecule has 2 aliphatic carbocycles. The lowest BCUT2D eigenvalue weighted by Gasteiger charge is -2.44. The Bertz CT molecular complexity index is 599. The molecule has 2 fully saturated rings. The average Bonchev–Trinajstić information content (AvgIpc) is 3.14. The van der Waals surface area contributed by atoms with Crippen LogP contribution in [0.1, 0.15) is 74.2 Å². The molecule has 1 aromatic heterocycles. The summed E-state index contributed by atoms with van der Waals surface area (Å²) in [4.78, 5) is 17.0. The highest BCUT2D eigenvalue weighted by Crippen LogP contribution is 2.60. The molecule has 1 aliphatic heterocycles. The van der Waals surface area contributed by atoms with Crippen LogP contribution in [0.25, 0.3) is 0 Å². The van der Waals surface area contributed by atoms with E-state index in [-0.39, 0.29) is 11.3 Å². The summed E-state index contributed by atoms with van der Waals surface area (Å²) in [5.41, 5.74) is 0.0976. The summed E-state index contributed by atoms with van der Waals surface area (Å²) < 4.78 is 2.09. The Kier molecular flexibility index (Phi) is 3.12. The van der Waals surface area contributed by atoms with Crippen LogP contribution < -0.4 is 5.32 Å². The molecule has 1 unspecified atom stereocenters. The van der Waals surface area contributed by atoms with Gasteiger partial charge in [0, 0.05) is 24.4 Å². The molecule has 0 aromatic carbocycles. The largest absolute Gasteiger partial charge is 0.389 e. The molecule has 120 valence electrons. The first-order valence-corrected chi connectivity index (χ1v) is 8.61.